The van der Waals surface area contributed by atoms with Crippen molar-refractivity contribution in [2.45, 2.75) is 0 Å². The van der Waals surface area contributed by atoms with Crippen LogP contribution in [0.2, 0.25) is 5.02 Å². The molecule has 0 atom stereocenters. The summed E-state index contributed by atoms with van der Waals surface area (Å²) >= 11 is 9.00. The van der Waals surface area contributed by atoms with E-state index in [4.69, 9.17) is 22.1 Å². The lowest BCUT2D eigenvalue weighted by molar-refractivity contribution is 0.469. The first kappa shape index (κ1) is 13.1. The molecule has 6 heteroatoms. The number of halogens is 4. The highest BCUT2D eigenvalue weighted by molar-refractivity contribution is 9.10. The molecule has 2 N–H and O–H groups in total. The van der Waals surface area contributed by atoms with Crippen molar-refractivity contribution in [3.05, 3.63) is 51.5 Å². The van der Waals surface area contributed by atoms with Gasteiger partial charge in [-0.25, -0.2) is 8.78 Å². The average Bonchev–Trinajstić information content (AvgIpc) is 2.29. The minimum Gasteiger partial charge on any atom is -0.454 e. The van der Waals surface area contributed by atoms with E-state index in [9.17, 15) is 8.78 Å². The molecule has 0 radical (unpaired) electrons. The Balaban J connectivity index is 2.40. The lowest BCUT2D eigenvalue weighted by Gasteiger charge is -2.10. The summed E-state index contributed by atoms with van der Waals surface area (Å²) in [5.74, 6) is -1.36. The normalized spacial score (nSPS) is 10.4. The molecule has 0 saturated carbocycles. The number of hydrogen-bond donors (Lipinski definition) is 1. The maximum absolute atomic E-state index is 13.2. The van der Waals surface area contributed by atoms with E-state index in [0.29, 0.717) is 21.3 Å². The van der Waals surface area contributed by atoms with Crippen molar-refractivity contribution in [2.75, 3.05) is 5.73 Å². The Morgan fingerprint density at radius 3 is 2.50 bits per heavy atom. The van der Waals surface area contributed by atoms with Crippen LogP contribution in [0.1, 0.15) is 0 Å². The lowest BCUT2D eigenvalue weighted by atomic mass is 10.2. The van der Waals surface area contributed by atoms with Crippen LogP contribution in [0, 0.1) is 11.6 Å². The largest absolute Gasteiger partial charge is 0.454 e. The van der Waals surface area contributed by atoms with Gasteiger partial charge in [0.15, 0.2) is 11.6 Å². The minimum atomic E-state index is -0.866. The van der Waals surface area contributed by atoms with Crippen LogP contribution in [0.5, 0.6) is 11.5 Å². The van der Waals surface area contributed by atoms with Gasteiger partial charge >= 0.3 is 0 Å². The van der Waals surface area contributed by atoms with Crippen molar-refractivity contribution >= 4 is 33.2 Å². The van der Waals surface area contributed by atoms with Gasteiger partial charge in [0, 0.05) is 17.2 Å². The van der Waals surface area contributed by atoms with Crippen molar-refractivity contribution in [1.29, 1.82) is 0 Å². The Morgan fingerprint density at radius 1 is 1.11 bits per heavy atom. The van der Waals surface area contributed by atoms with Gasteiger partial charge in [0.25, 0.3) is 0 Å². The molecule has 18 heavy (non-hydrogen) atoms. The van der Waals surface area contributed by atoms with Crippen LogP contribution in [0.15, 0.2) is 34.8 Å². The number of rotatable bonds is 2. The predicted octanol–water partition coefficient (Wildman–Crippen LogP) is 4.76. The minimum absolute atomic E-state index is 0.0875. The van der Waals surface area contributed by atoms with Crippen molar-refractivity contribution in [2.24, 2.45) is 0 Å². The van der Waals surface area contributed by atoms with Gasteiger partial charge in [-0.2, -0.15) is 0 Å². The maximum atomic E-state index is 13.2. The Labute approximate surface area is 115 Å². The smallest absolute Gasteiger partial charge is 0.156 e. The SMILES string of the molecule is Nc1c(F)cc(F)cc1Oc1ccc(Cl)cc1Br. The molecule has 2 nitrogen and oxygen atoms in total. The molecular weight excluding hydrogens is 327 g/mol. The van der Waals surface area contributed by atoms with Gasteiger partial charge in [0.1, 0.15) is 17.3 Å². The molecule has 0 spiro atoms. The van der Waals surface area contributed by atoms with Gasteiger partial charge < -0.3 is 10.5 Å². The van der Waals surface area contributed by atoms with Crippen molar-refractivity contribution in [3.8, 4) is 11.5 Å². The average molecular weight is 335 g/mol. The summed E-state index contributed by atoms with van der Waals surface area (Å²) in [5, 5.41) is 0.507. The first-order chi connectivity index (χ1) is 8.47. The zero-order valence-electron chi connectivity index (χ0n) is 8.88. The molecule has 0 fully saturated rings. The lowest BCUT2D eigenvalue weighted by Crippen LogP contribution is -1.97. The fraction of sp³-hybridized carbons (Fsp3) is 0. The Bertz CT molecular complexity index is 607. The zero-order valence-corrected chi connectivity index (χ0v) is 11.2. The van der Waals surface area contributed by atoms with Crippen LogP contribution in [0.4, 0.5) is 14.5 Å². The molecule has 0 aliphatic heterocycles. The molecule has 2 rings (SSSR count). The highest BCUT2D eigenvalue weighted by atomic mass is 79.9. The second-order valence-electron chi connectivity index (χ2n) is 3.48. The molecule has 0 unspecified atom stereocenters. The van der Waals surface area contributed by atoms with Gasteiger partial charge in [-0.15, -0.1) is 0 Å². The molecule has 0 heterocycles. The third-order valence-corrected chi connectivity index (χ3v) is 3.02. The van der Waals surface area contributed by atoms with Crippen molar-refractivity contribution in [1.82, 2.24) is 0 Å². The summed E-state index contributed by atoms with van der Waals surface area (Å²) in [6.45, 7) is 0. The molecule has 0 saturated heterocycles. The van der Waals surface area contributed by atoms with Gasteiger partial charge in [-0.05, 0) is 34.1 Å². The quantitative estimate of drug-likeness (QED) is 0.804. The summed E-state index contributed by atoms with van der Waals surface area (Å²) < 4.78 is 32.2. The summed E-state index contributed by atoms with van der Waals surface area (Å²) in [7, 11) is 0. The van der Waals surface area contributed by atoms with Crippen molar-refractivity contribution < 1.29 is 13.5 Å². The van der Waals surface area contributed by atoms with E-state index in [0.717, 1.165) is 6.07 Å². The topological polar surface area (TPSA) is 35.2 Å². The Morgan fingerprint density at radius 2 is 1.83 bits per heavy atom. The molecule has 0 aliphatic rings. The number of benzene rings is 2. The summed E-state index contributed by atoms with van der Waals surface area (Å²) in [4.78, 5) is 0. The van der Waals surface area contributed by atoms with Crippen LogP contribution in [-0.4, -0.2) is 0 Å². The van der Waals surface area contributed by atoms with E-state index in [1.807, 2.05) is 0 Å². The standard InChI is InChI=1S/C12H7BrClF2NO/c13-8-3-6(14)1-2-10(8)18-11-5-7(15)4-9(16)12(11)17/h1-5H,17H2. The third-order valence-electron chi connectivity index (χ3n) is 2.17. The molecule has 2 aromatic rings. The number of nitrogen functional groups attached to an aromatic ring is 1. The van der Waals surface area contributed by atoms with Crippen LogP contribution < -0.4 is 10.5 Å². The molecule has 0 aromatic heterocycles. The van der Waals surface area contributed by atoms with Crippen LogP contribution in [0.3, 0.4) is 0 Å². The van der Waals surface area contributed by atoms with E-state index in [1.165, 1.54) is 0 Å². The van der Waals surface area contributed by atoms with Crippen LogP contribution in [-0.2, 0) is 0 Å². The van der Waals surface area contributed by atoms with Gasteiger partial charge in [0.2, 0.25) is 0 Å². The molecule has 0 amide bonds. The predicted molar refractivity (Wildman–Crippen MR) is 70.0 cm³/mol. The first-order valence-electron chi connectivity index (χ1n) is 4.85. The van der Waals surface area contributed by atoms with Gasteiger partial charge in [-0.1, -0.05) is 11.6 Å². The van der Waals surface area contributed by atoms with Crippen LogP contribution >= 0.6 is 27.5 Å². The monoisotopic (exact) mass is 333 g/mol. The molecular formula is C12H7BrClF2NO. The van der Waals surface area contributed by atoms with E-state index < -0.39 is 11.6 Å². The maximum Gasteiger partial charge on any atom is 0.156 e. The zero-order chi connectivity index (χ0) is 13.3. The highest BCUT2D eigenvalue weighted by Crippen LogP contribution is 2.35. The van der Waals surface area contributed by atoms with Crippen LogP contribution in [0.25, 0.3) is 0 Å². The Kier molecular flexibility index (Phi) is 3.73. The van der Waals surface area contributed by atoms with Crippen molar-refractivity contribution in [3.63, 3.8) is 0 Å². The second-order valence-corrected chi connectivity index (χ2v) is 4.77. The fourth-order valence-corrected chi connectivity index (χ4v) is 2.09. The Hall–Kier alpha value is -1.33. The molecule has 0 aliphatic carbocycles. The summed E-state index contributed by atoms with van der Waals surface area (Å²) in [6.07, 6.45) is 0. The molecule has 94 valence electrons. The number of anilines is 1. The fourth-order valence-electron chi connectivity index (χ4n) is 1.32. The van der Waals surface area contributed by atoms with E-state index >= 15 is 0 Å². The number of ether oxygens (including phenoxy) is 1. The summed E-state index contributed by atoms with van der Waals surface area (Å²) in [5.41, 5.74) is 5.22. The molecule has 0 bridgehead atoms. The third kappa shape index (κ3) is 2.73. The summed E-state index contributed by atoms with van der Waals surface area (Å²) in [6, 6.07) is 6.46. The number of nitrogens with two attached hydrogens (primary N) is 1. The first-order valence-corrected chi connectivity index (χ1v) is 6.02. The highest BCUT2D eigenvalue weighted by Gasteiger charge is 2.12. The van der Waals surface area contributed by atoms with E-state index in [2.05, 4.69) is 15.9 Å². The number of hydrogen-bond acceptors (Lipinski definition) is 2. The van der Waals surface area contributed by atoms with E-state index in [1.54, 1.807) is 18.2 Å². The molecule has 2 aromatic carbocycles. The van der Waals surface area contributed by atoms with E-state index in [-0.39, 0.29) is 11.4 Å². The van der Waals surface area contributed by atoms with Gasteiger partial charge in [0.05, 0.1) is 4.47 Å². The van der Waals surface area contributed by atoms with Gasteiger partial charge in [-0.3, -0.25) is 0 Å². The second kappa shape index (κ2) is 5.12.